The first-order valence-electron chi connectivity index (χ1n) is 6.36. The molecule has 1 aromatic rings. The molecule has 0 unspecified atom stereocenters. The number of carbonyl (C=O) groups excluding carboxylic acids is 1. The molecule has 1 aliphatic carbocycles. The minimum Gasteiger partial charge on any atom is -0.349 e. The Balaban J connectivity index is 2.30. The number of hydrogen-bond acceptors (Lipinski definition) is 1. The molecule has 0 spiro atoms. The molecule has 0 aliphatic heterocycles. The van der Waals surface area contributed by atoms with Crippen molar-refractivity contribution in [1.29, 1.82) is 0 Å². The van der Waals surface area contributed by atoms with E-state index in [1.54, 1.807) is 0 Å². The third kappa shape index (κ3) is 2.70. The molecule has 94 valence electrons. The fourth-order valence-electron chi connectivity index (χ4n) is 1.95. The van der Waals surface area contributed by atoms with E-state index in [9.17, 15) is 4.79 Å². The molecule has 0 radical (unpaired) electrons. The van der Waals surface area contributed by atoms with Crippen LogP contribution in [0.5, 0.6) is 0 Å². The smallest absolute Gasteiger partial charge is 0.251 e. The van der Waals surface area contributed by atoms with E-state index < -0.39 is 0 Å². The monoisotopic (exact) mass is 241 g/mol. The Bertz CT molecular complexity index is 510. The van der Waals surface area contributed by atoms with Crippen molar-refractivity contribution in [3.05, 3.63) is 53.6 Å². The Kier molecular flexibility index (Phi) is 3.66. The molecule has 1 aromatic carbocycles. The standard InChI is InChI=1S/C16H19NO/c1-4-12(5-2)15-10-13(7-6-11(15)3)16(18)17-14-8-9-14/h4-7,10,14H,1,8-9H2,2-3H3,(H,17,18)/b12-5+. The van der Waals surface area contributed by atoms with Gasteiger partial charge in [0.05, 0.1) is 0 Å². The molecular weight excluding hydrogens is 222 g/mol. The van der Waals surface area contributed by atoms with E-state index in [0.717, 1.165) is 35.1 Å². The second-order valence-corrected chi connectivity index (χ2v) is 4.73. The molecule has 0 heterocycles. The summed E-state index contributed by atoms with van der Waals surface area (Å²) in [5.41, 5.74) is 4.03. The summed E-state index contributed by atoms with van der Waals surface area (Å²) in [7, 11) is 0. The minimum atomic E-state index is 0.0262. The van der Waals surface area contributed by atoms with Crippen LogP contribution in [0.3, 0.4) is 0 Å². The summed E-state index contributed by atoms with van der Waals surface area (Å²) < 4.78 is 0. The van der Waals surface area contributed by atoms with Gasteiger partial charge in [0.25, 0.3) is 5.91 Å². The van der Waals surface area contributed by atoms with Crippen molar-refractivity contribution in [3.8, 4) is 0 Å². The Morgan fingerprint density at radius 3 is 2.72 bits per heavy atom. The number of nitrogens with one attached hydrogen (secondary N) is 1. The molecule has 2 heteroatoms. The molecule has 1 aliphatic rings. The van der Waals surface area contributed by atoms with Crippen LogP contribution in [0.15, 0.2) is 36.9 Å². The fraction of sp³-hybridized carbons (Fsp3) is 0.312. The molecule has 1 N–H and O–H groups in total. The molecule has 1 fully saturated rings. The highest BCUT2D eigenvalue weighted by Crippen LogP contribution is 2.23. The van der Waals surface area contributed by atoms with Gasteiger partial charge in [-0.1, -0.05) is 24.8 Å². The summed E-state index contributed by atoms with van der Waals surface area (Å²) in [5.74, 6) is 0.0262. The summed E-state index contributed by atoms with van der Waals surface area (Å²) in [6, 6.07) is 6.21. The van der Waals surface area contributed by atoms with Crippen molar-refractivity contribution in [3.63, 3.8) is 0 Å². The van der Waals surface area contributed by atoms with Gasteiger partial charge in [0, 0.05) is 11.6 Å². The summed E-state index contributed by atoms with van der Waals surface area (Å²) in [4.78, 5) is 12.0. The van der Waals surface area contributed by atoms with Crippen LogP contribution in [0.2, 0.25) is 0 Å². The molecule has 2 nitrogen and oxygen atoms in total. The van der Waals surface area contributed by atoms with Crippen molar-refractivity contribution < 1.29 is 4.79 Å². The summed E-state index contributed by atoms with van der Waals surface area (Å²) in [6.45, 7) is 7.84. The maximum Gasteiger partial charge on any atom is 0.251 e. The zero-order chi connectivity index (χ0) is 13.1. The van der Waals surface area contributed by atoms with Gasteiger partial charge in [-0.15, -0.1) is 0 Å². The van der Waals surface area contributed by atoms with Gasteiger partial charge >= 0.3 is 0 Å². The lowest BCUT2D eigenvalue weighted by Gasteiger charge is -2.10. The number of allylic oxidation sites excluding steroid dienone is 3. The Hall–Kier alpha value is -1.83. The summed E-state index contributed by atoms with van der Waals surface area (Å²) in [5, 5.41) is 3.01. The zero-order valence-corrected chi connectivity index (χ0v) is 11.0. The van der Waals surface area contributed by atoms with Gasteiger partial charge in [-0.05, 0) is 55.5 Å². The highest BCUT2D eigenvalue weighted by Gasteiger charge is 2.23. The highest BCUT2D eigenvalue weighted by molar-refractivity contribution is 5.96. The largest absolute Gasteiger partial charge is 0.349 e. The predicted molar refractivity (Wildman–Crippen MR) is 75.5 cm³/mol. The van der Waals surface area contributed by atoms with Gasteiger partial charge in [-0.2, -0.15) is 0 Å². The molecule has 1 amide bonds. The van der Waals surface area contributed by atoms with Crippen LogP contribution in [0, 0.1) is 6.92 Å². The molecule has 18 heavy (non-hydrogen) atoms. The minimum absolute atomic E-state index is 0.0262. The lowest BCUT2D eigenvalue weighted by molar-refractivity contribution is 0.0951. The maximum atomic E-state index is 12.0. The lowest BCUT2D eigenvalue weighted by Crippen LogP contribution is -2.25. The van der Waals surface area contributed by atoms with Gasteiger partial charge < -0.3 is 5.32 Å². The molecule has 0 atom stereocenters. The van der Waals surface area contributed by atoms with Crippen molar-refractivity contribution in [2.24, 2.45) is 0 Å². The maximum absolute atomic E-state index is 12.0. The fourth-order valence-corrected chi connectivity index (χ4v) is 1.95. The van der Waals surface area contributed by atoms with Gasteiger partial charge in [-0.3, -0.25) is 4.79 Å². The molecule has 0 saturated heterocycles. The van der Waals surface area contributed by atoms with E-state index in [1.807, 2.05) is 44.2 Å². The Morgan fingerprint density at radius 2 is 2.17 bits per heavy atom. The third-order valence-electron chi connectivity index (χ3n) is 3.25. The molecular formula is C16H19NO. The second kappa shape index (κ2) is 5.21. The van der Waals surface area contributed by atoms with Gasteiger partial charge in [-0.25, -0.2) is 0 Å². The second-order valence-electron chi connectivity index (χ2n) is 4.73. The molecule has 2 rings (SSSR count). The average Bonchev–Trinajstić information content (AvgIpc) is 3.16. The number of aryl methyl sites for hydroxylation is 1. The SMILES string of the molecule is C=C/C(=C\C)c1cc(C(=O)NC2CC2)ccc1C. The van der Waals surface area contributed by atoms with E-state index in [4.69, 9.17) is 0 Å². The van der Waals surface area contributed by atoms with Gasteiger partial charge in [0.15, 0.2) is 0 Å². The first kappa shape index (κ1) is 12.6. The van der Waals surface area contributed by atoms with Crippen LogP contribution in [0.4, 0.5) is 0 Å². The first-order chi connectivity index (χ1) is 8.65. The number of carbonyl (C=O) groups is 1. The topological polar surface area (TPSA) is 29.1 Å². The quantitative estimate of drug-likeness (QED) is 0.803. The van der Waals surface area contributed by atoms with Crippen LogP contribution < -0.4 is 5.32 Å². The van der Waals surface area contributed by atoms with Crippen LogP contribution in [-0.4, -0.2) is 11.9 Å². The van der Waals surface area contributed by atoms with E-state index in [-0.39, 0.29) is 5.91 Å². The van der Waals surface area contributed by atoms with Crippen LogP contribution in [0.25, 0.3) is 5.57 Å². The lowest BCUT2D eigenvalue weighted by atomic mass is 9.97. The van der Waals surface area contributed by atoms with E-state index in [1.165, 1.54) is 0 Å². The van der Waals surface area contributed by atoms with Crippen molar-refractivity contribution >= 4 is 11.5 Å². The number of rotatable bonds is 4. The van der Waals surface area contributed by atoms with E-state index in [0.29, 0.717) is 6.04 Å². The average molecular weight is 241 g/mol. The zero-order valence-electron chi connectivity index (χ0n) is 11.0. The predicted octanol–water partition coefficient (Wildman–Crippen LogP) is 3.48. The van der Waals surface area contributed by atoms with Crippen molar-refractivity contribution in [2.45, 2.75) is 32.7 Å². The van der Waals surface area contributed by atoms with E-state index >= 15 is 0 Å². The summed E-state index contributed by atoms with van der Waals surface area (Å²) >= 11 is 0. The molecule has 0 bridgehead atoms. The number of benzene rings is 1. The first-order valence-corrected chi connectivity index (χ1v) is 6.36. The summed E-state index contributed by atoms with van der Waals surface area (Å²) in [6.07, 6.45) is 6.05. The number of amides is 1. The van der Waals surface area contributed by atoms with Crippen LogP contribution in [-0.2, 0) is 0 Å². The van der Waals surface area contributed by atoms with Crippen LogP contribution >= 0.6 is 0 Å². The Morgan fingerprint density at radius 1 is 1.44 bits per heavy atom. The van der Waals surface area contributed by atoms with Gasteiger partial charge in [0.1, 0.15) is 0 Å². The van der Waals surface area contributed by atoms with Gasteiger partial charge in [0.2, 0.25) is 0 Å². The Labute approximate surface area is 108 Å². The third-order valence-corrected chi connectivity index (χ3v) is 3.25. The van der Waals surface area contributed by atoms with Crippen molar-refractivity contribution in [1.82, 2.24) is 5.32 Å². The van der Waals surface area contributed by atoms with E-state index in [2.05, 4.69) is 11.9 Å². The molecule has 0 aromatic heterocycles. The van der Waals surface area contributed by atoms with Crippen LogP contribution in [0.1, 0.15) is 41.3 Å². The normalized spacial score (nSPS) is 15.3. The highest BCUT2D eigenvalue weighted by atomic mass is 16.1. The molecule has 1 saturated carbocycles. The number of hydrogen-bond donors (Lipinski definition) is 1. The van der Waals surface area contributed by atoms with Crippen molar-refractivity contribution in [2.75, 3.05) is 0 Å².